The van der Waals surface area contributed by atoms with Gasteiger partial charge in [0.05, 0.1) is 9.79 Å². The first-order valence-corrected chi connectivity index (χ1v) is 9.00. The molecule has 6 heteroatoms. The van der Waals surface area contributed by atoms with Crippen LogP contribution in [0.2, 0.25) is 0 Å². The van der Waals surface area contributed by atoms with Crippen LogP contribution in [0.25, 0.3) is 0 Å². The number of unbranched alkanes of at least 4 members (excludes halogenated alkanes) is 1. The van der Waals surface area contributed by atoms with Crippen molar-refractivity contribution in [2.45, 2.75) is 40.2 Å². The van der Waals surface area contributed by atoms with E-state index in [1.165, 1.54) is 23.5 Å². The van der Waals surface area contributed by atoms with Crippen LogP contribution in [0, 0.1) is 0 Å². The number of phenols is 2. The summed E-state index contributed by atoms with van der Waals surface area (Å²) in [4.78, 5) is 6.08. The van der Waals surface area contributed by atoms with E-state index in [-0.39, 0.29) is 11.5 Å². The molecule has 2 rings (SSSR count). The molecular formula is C17H20O4S2. The Bertz CT molecular complexity index is 586. The van der Waals surface area contributed by atoms with Crippen molar-refractivity contribution in [1.82, 2.24) is 0 Å². The molecule has 0 saturated heterocycles. The zero-order chi connectivity index (χ0) is 16.7. The second kappa shape index (κ2) is 8.49. The van der Waals surface area contributed by atoms with Crippen LogP contribution in [-0.4, -0.2) is 19.7 Å². The fourth-order valence-electron chi connectivity index (χ4n) is 2.02. The van der Waals surface area contributed by atoms with Gasteiger partial charge in [0, 0.05) is 0 Å². The molecule has 0 saturated carbocycles. The van der Waals surface area contributed by atoms with E-state index in [0.717, 1.165) is 12.8 Å². The topological polar surface area (TPSA) is 69.9 Å². The largest absolute Gasteiger partial charge is 0.507 e. The van der Waals surface area contributed by atoms with Crippen LogP contribution in [0.3, 0.4) is 0 Å². The lowest BCUT2D eigenvalue weighted by atomic mass is 10.3. The molecule has 0 spiro atoms. The van der Waals surface area contributed by atoms with E-state index in [9.17, 15) is 15.5 Å². The van der Waals surface area contributed by atoms with Crippen LogP contribution in [0.4, 0.5) is 0 Å². The standard InChI is InChI=1S/C17H20O4S2/c1-2-3-12-17(21-20,22-15-10-6-4-8-13(15)18)23-16-11-7-5-9-14(16)19/h4-11,18-20H,2-3,12H2,1H3. The van der Waals surface area contributed by atoms with E-state index in [1.807, 2.05) is 12.1 Å². The van der Waals surface area contributed by atoms with Gasteiger partial charge in [-0.15, -0.1) is 0 Å². The lowest BCUT2D eigenvalue weighted by molar-refractivity contribution is -0.266. The predicted octanol–water partition coefficient (Wildman–Crippen LogP) is 5.32. The highest BCUT2D eigenvalue weighted by molar-refractivity contribution is 8.18. The lowest BCUT2D eigenvalue weighted by Gasteiger charge is -2.29. The van der Waals surface area contributed by atoms with Gasteiger partial charge in [-0.05, 0) is 37.1 Å². The van der Waals surface area contributed by atoms with Gasteiger partial charge in [0.15, 0.2) is 0 Å². The summed E-state index contributed by atoms with van der Waals surface area (Å²) in [6.45, 7) is 2.05. The molecule has 0 amide bonds. The molecule has 0 radical (unpaired) electrons. The van der Waals surface area contributed by atoms with Crippen LogP contribution in [-0.2, 0) is 4.89 Å². The molecule has 2 aromatic carbocycles. The molecule has 124 valence electrons. The first kappa shape index (κ1) is 18.0. The van der Waals surface area contributed by atoms with E-state index in [1.54, 1.807) is 36.4 Å². The minimum atomic E-state index is -1.05. The molecule has 4 nitrogen and oxygen atoms in total. The summed E-state index contributed by atoms with van der Waals surface area (Å²) in [6, 6.07) is 13.8. The maximum Gasteiger partial charge on any atom is 0.203 e. The zero-order valence-corrected chi connectivity index (χ0v) is 14.4. The Kier molecular flexibility index (Phi) is 6.65. The summed E-state index contributed by atoms with van der Waals surface area (Å²) in [7, 11) is 0. The fraction of sp³-hybridized carbons (Fsp3) is 0.294. The molecular weight excluding hydrogens is 332 g/mol. The van der Waals surface area contributed by atoms with E-state index < -0.39 is 4.27 Å². The third kappa shape index (κ3) is 4.81. The smallest absolute Gasteiger partial charge is 0.203 e. The van der Waals surface area contributed by atoms with Gasteiger partial charge < -0.3 is 10.2 Å². The lowest BCUT2D eigenvalue weighted by Crippen LogP contribution is -2.23. The number of hydrogen-bond donors (Lipinski definition) is 3. The van der Waals surface area contributed by atoms with Crippen LogP contribution < -0.4 is 0 Å². The van der Waals surface area contributed by atoms with E-state index in [2.05, 4.69) is 6.92 Å². The molecule has 23 heavy (non-hydrogen) atoms. The van der Waals surface area contributed by atoms with E-state index >= 15 is 0 Å². The van der Waals surface area contributed by atoms with Crippen molar-refractivity contribution in [3.05, 3.63) is 48.5 Å². The van der Waals surface area contributed by atoms with Crippen LogP contribution >= 0.6 is 23.5 Å². The highest BCUT2D eigenvalue weighted by Gasteiger charge is 2.36. The molecule has 0 bridgehead atoms. The minimum Gasteiger partial charge on any atom is -0.507 e. The van der Waals surface area contributed by atoms with Crippen LogP contribution in [0.1, 0.15) is 26.2 Å². The third-order valence-electron chi connectivity index (χ3n) is 3.24. The maximum absolute atomic E-state index is 10.00. The number of rotatable bonds is 8. The number of benzene rings is 2. The molecule has 0 aliphatic carbocycles. The maximum atomic E-state index is 10.00. The van der Waals surface area contributed by atoms with Gasteiger partial charge in [-0.25, -0.2) is 10.1 Å². The van der Waals surface area contributed by atoms with Crippen molar-refractivity contribution in [2.24, 2.45) is 0 Å². The number of phenolic OH excluding ortho intramolecular Hbond substituents is 2. The average molecular weight is 352 g/mol. The van der Waals surface area contributed by atoms with Crippen molar-refractivity contribution in [3.8, 4) is 11.5 Å². The molecule has 2 aromatic rings. The van der Waals surface area contributed by atoms with Crippen molar-refractivity contribution < 1.29 is 20.4 Å². The number of aromatic hydroxyl groups is 2. The van der Waals surface area contributed by atoms with Crippen molar-refractivity contribution in [3.63, 3.8) is 0 Å². The highest BCUT2D eigenvalue weighted by Crippen LogP contribution is 2.52. The van der Waals surface area contributed by atoms with E-state index in [4.69, 9.17) is 4.89 Å². The quantitative estimate of drug-likeness (QED) is 0.259. The summed E-state index contributed by atoms with van der Waals surface area (Å²) >= 11 is 2.47. The first-order chi connectivity index (χ1) is 11.1. The van der Waals surface area contributed by atoms with E-state index in [0.29, 0.717) is 16.2 Å². The van der Waals surface area contributed by atoms with Gasteiger partial charge in [0.25, 0.3) is 0 Å². The van der Waals surface area contributed by atoms with Crippen molar-refractivity contribution in [2.75, 3.05) is 0 Å². The number of hydrogen-bond acceptors (Lipinski definition) is 6. The van der Waals surface area contributed by atoms with Gasteiger partial charge >= 0.3 is 0 Å². The summed E-state index contributed by atoms with van der Waals surface area (Å²) < 4.78 is -1.05. The summed E-state index contributed by atoms with van der Waals surface area (Å²) in [5.41, 5.74) is 0. The Labute approximate surface area is 144 Å². The molecule has 0 unspecified atom stereocenters. The second-order valence-electron chi connectivity index (χ2n) is 5.02. The molecule has 0 fully saturated rings. The van der Waals surface area contributed by atoms with Gasteiger partial charge in [0.2, 0.25) is 4.27 Å². The Morgan fingerprint density at radius 1 is 0.913 bits per heavy atom. The van der Waals surface area contributed by atoms with Crippen molar-refractivity contribution in [1.29, 1.82) is 0 Å². The molecule has 0 aliphatic heterocycles. The Balaban J connectivity index is 2.31. The van der Waals surface area contributed by atoms with Gasteiger partial charge in [0.1, 0.15) is 11.5 Å². The number of para-hydroxylation sites is 2. The van der Waals surface area contributed by atoms with Crippen LogP contribution in [0.5, 0.6) is 11.5 Å². The van der Waals surface area contributed by atoms with Gasteiger partial charge in [-0.2, -0.15) is 0 Å². The molecule has 0 aromatic heterocycles. The Morgan fingerprint density at radius 3 is 1.78 bits per heavy atom. The van der Waals surface area contributed by atoms with Crippen molar-refractivity contribution >= 4 is 23.5 Å². The summed E-state index contributed by atoms with van der Waals surface area (Å²) in [5, 5.41) is 29.6. The third-order valence-corrected chi connectivity index (χ3v) is 6.05. The molecule has 3 N–H and O–H groups in total. The highest BCUT2D eigenvalue weighted by atomic mass is 32.2. The first-order valence-electron chi connectivity index (χ1n) is 7.37. The predicted molar refractivity (Wildman–Crippen MR) is 93.9 cm³/mol. The van der Waals surface area contributed by atoms with Gasteiger partial charge in [-0.1, -0.05) is 61.1 Å². The average Bonchev–Trinajstić information content (AvgIpc) is 2.57. The zero-order valence-electron chi connectivity index (χ0n) is 12.8. The van der Waals surface area contributed by atoms with Crippen LogP contribution in [0.15, 0.2) is 58.3 Å². The summed E-state index contributed by atoms with van der Waals surface area (Å²) in [6.07, 6.45) is 2.33. The Morgan fingerprint density at radius 2 is 1.39 bits per heavy atom. The monoisotopic (exact) mass is 352 g/mol. The molecule has 0 heterocycles. The fourth-order valence-corrected chi connectivity index (χ4v) is 4.60. The molecule has 0 aliphatic rings. The number of thioether (sulfide) groups is 2. The second-order valence-corrected chi connectivity index (χ2v) is 7.88. The SMILES string of the molecule is CCCCC(OO)(Sc1ccccc1O)Sc1ccccc1O. The Hall–Kier alpha value is -1.34. The normalized spacial score (nSPS) is 11.6. The summed E-state index contributed by atoms with van der Waals surface area (Å²) in [5.74, 6) is 0.265. The molecule has 0 atom stereocenters. The minimum absolute atomic E-state index is 0.133. The van der Waals surface area contributed by atoms with Gasteiger partial charge in [-0.3, -0.25) is 0 Å².